The van der Waals surface area contributed by atoms with E-state index in [0.717, 1.165) is 4.34 Å². The fourth-order valence-electron chi connectivity index (χ4n) is 0.103. The van der Waals surface area contributed by atoms with Crippen molar-refractivity contribution in [1.29, 1.82) is 0 Å². The molecular formula is C2H2ClNS. The third kappa shape index (κ3) is 0.465. The van der Waals surface area contributed by atoms with E-state index in [2.05, 4.69) is 4.37 Å². The lowest BCUT2D eigenvalue weighted by Gasteiger charge is -1.83. The zero-order valence-corrected chi connectivity index (χ0v) is 3.94. The fourth-order valence-corrected chi connectivity index (χ4v) is 0.578. The molecule has 1 nitrogen and oxygen atoms in total. The van der Waals surface area contributed by atoms with Crippen LogP contribution in [0.1, 0.15) is 0 Å². The van der Waals surface area contributed by atoms with Gasteiger partial charge >= 0.3 is 0 Å². The standard InChI is InChI=1S/C2H2ClNS/c3-2-1-4-5-2/h1,4H. The van der Waals surface area contributed by atoms with E-state index in [1.807, 2.05) is 0 Å². The van der Waals surface area contributed by atoms with Crippen molar-refractivity contribution in [2.75, 3.05) is 0 Å². The molecule has 0 unspecified atom stereocenters. The number of H-pyrrole nitrogens is 1. The minimum atomic E-state index is 0.838. The summed E-state index contributed by atoms with van der Waals surface area (Å²) in [6.07, 6.45) is 1.74. The van der Waals surface area contributed by atoms with Crippen LogP contribution in [0.3, 0.4) is 0 Å². The Balaban J connectivity index is 2.83. The molecule has 0 fully saturated rings. The fraction of sp³-hybridized carbons (Fsp3) is 0. The van der Waals surface area contributed by atoms with Gasteiger partial charge in [0.1, 0.15) is 4.34 Å². The first-order valence-electron chi connectivity index (χ1n) is 1.17. The van der Waals surface area contributed by atoms with Crippen LogP contribution in [-0.2, 0) is 0 Å². The van der Waals surface area contributed by atoms with Gasteiger partial charge < -0.3 is 4.37 Å². The Bertz CT molecular complexity index is 91.8. The van der Waals surface area contributed by atoms with Crippen LogP contribution in [0.5, 0.6) is 0 Å². The summed E-state index contributed by atoms with van der Waals surface area (Å²) in [6, 6.07) is 0. The van der Waals surface area contributed by atoms with Gasteiger partial charge in [-0.1, -0.05) is 11.6 Å². The van der Waals surface area contributed by atoms with Gasteiger partial charge in [0.05, 0.1) is 0 Å². The molecule has 1 aromatic rings. The van der Waals surface area contributed by atoms with E-state index in [1.165, 1.54) is 11.5 Å². The van der Waals surface area contributed by atoms with E-state index in [9.17, 15) is 0 Å². The quantitative estimate of drug-likeness (QED) is 0.520. The molecule has 1 heterocycles. The number of aromatic amines is 1. The molecule has 0 aliphatic rings. The molecule has 0 amide bonds. The smallest absolute Gasteiger partial charge is 0.127 e. The minimum Gasteiger partial charge on any atom is -0.315 e. The number of nitrogens with one attached hydrogen (secondary N) is 1. The molecule has 0 saturated carbocycles. The maximum absolute atomic E-state index is 5.31. The third-order valence-electron chi connectivity index (χ3n) is 0.329. The summed E-state index contributed by atoms with van der Waals surface area (Å²) in [7, 11) is 0. The summed E-state index contributed by atoms with van der Waals surface area (Å²) in [5, 5.41) is 0. The van der Waals surface area contributed by atoms with Crippen molar-refractivity contribution >= 4 is 23.1 Å². The van der Waals surface area contributed by atoms with Gasteiger partial charge in [-0.25, -0.2) is 0 Å². The molecule has 0 spiro atoms. The maximum atomic E-state index is 5.31. The number of hydrogen-bond donors (Lipinski definition) is 1. The molecule has 1 N–H and O–H groups in total. The molecule has 0 aliphatic heterocycles. The minimum absolute atomic E-state index is 0.838. The van der Waals surface area contributed by atoms with Crippen LogP contribution in [0.4, 0.5) is 0 Å². The van der Waals surface area contributed by atoms with Crippen molar-refractivity contribution in [3.63, 3.8) is 0 Å². The van der Waals surface area contributed by atoms with Crippen molar-refractivity contribution in [1.82, 2.24) is 4.37 Å². The third-order valence-corrected chi connectivity index (χ3v) is 1.22. The normalized spacial score (nSPS) is 9.00. The highest BCUT2D eigenvalue weighted by Crippen LogP contribution is 2.11. The Kier molecular flexibility index (Phi) is 0.669. The predicted molar refractivity (Wildman–Crippen MR) is 23.7 cm³/mol. The second-order valence-electron chi connectivity index (χ2n) is 0.668. The summed E-state index contributed by atoms with van der Waals surface area (Å²) < 4.78 is 3.62. The summed E-state index contributed by atoms with van der Waals surface area (Å²) >= 11 is 6.75. The van der Waals surface area contributed by atoms with E-state index in [4.69, 9.17) is 11.6 Å². The van der Waals surface area contributed by atoms with Crippen molar-refractivity contribution in [3.8, 4) is 0 Å². The summed E-state index contributed by atoms with van der Waals surface area (Å²) in [5.74, 6) is 0. The number of hydrogen-bond acceptors (Lipinski definition) is 1. The SMILES string of the molecule is Clc1c[nH]s1. The van der Waals surface area contributed by atoms with Crippen molar-refractivity contribution < 1.29 is 0 Å². The summed E-state index contributed by atoms with van der Waals surface area (Å²) in [4.78, 5) is 0. The van der Waals surface area contributed by atoms with E-state index in [1.54, 1.807) is 6.20 Å². The molecular weight excluding hydrogens is 106 g/mol. The van der Waals surface area contributed by atoms with Gasteiger partial charge in [0, 0.05) is 6.20 Å². The van der Waals surface area contributed by atoms with Crippen LogP contribution in [0.25, 0.3) is 0 Å². The highest BCUT2D eigenvalue weighted by atomic mass is 35.5. The number of aromatic nitrogens is 1. The molecule has 0 aliphatic carbocycles. The van der Waals surface area contributed by atoms with Gasteiger partial charge in [0.2, 0.25) is 0 Å². The monoisotopic (exact) mass is 107 g/mol. The van der Waals surface area contributed by atoms with Gasteiger partial charge in [-0.3, -0.25) is 0 Å². The van der Waals surface area contributed by atoms with Crippen molar-refractivity contribution in [2.45, 2.75) is 0 Å². The first-order chi connectivity index (χ1) is 2.39. The van der Waals surface area contributed by atoms with Crippen LogP contribution < -0.4 is 0 Å². The Morgan fingerprint density at radius 3 is 2.40 bits per heavy atom. The first kappa shape index (κ1) is 3.25. The van der Waals surface area contributed by atoms with Gasteiger partial charge in [0.15, 0.2) is 0 Å². The van der Waals surface area contributed by atoms with Crippen LogP contribution in [0.15, 0.2) is 6.20 Å². The van der Waals surface area contributed by atoms with Crippen molar-refractivity contribution in [2.24, 2.45) is 0 Å². The zero-order valence-electron chi connectivity index (χ0n) is 2.36. The number of halogens is 1. The molecule has 28 valence electrons. The van der Waals surface area contributed by atoms with Crippen LogP contribution in [0, 0.1) is 0 Å². The molecule has 5 heavy (non-hydrogen) atoms. The lowest BCUT2D eigenvalue weighted by Crippen LogP contribution is -1.61. The van der Waals surface area contributed by atoms with Gasteiger partial charge in [-0.2, -0.15) is 0 Å². The summed E-state index contributed by atoms with van der Waals surface area (Å²) in [6.45, 7) is 0. The summed E-state index contributed by atoms with van der Waals surface area (Å²) in [5.41, 5.74) is 0. The highest BCUT2D eigenvalue weighted by Gasteiger charge is 1.80. The average Bonchev–Trinajstić information content (AvgIpc) is 1.30. The zero-order chi connectivity index (χ0) is 3.70. The molecule has 1 aromatic heterocycles. The first-order valence-corrected chi connectivity index (χ1v) is 2.37. The molecule has 0 saturated heterocycles. The molecule has 1 rings (SSSR count). The van der Waals surface area contributed by atoms with Crippen LogP contribution in [-0.4, -0.2) is 4.37 Å². The molecule has 0 aromatic carbocycles. The second-order valence-corrected chi connectivity index (χ2v) is 2.18. The highest BCUT2D eigenvalue weighted by molar-refractivity contribution is 7.11. The average molecular weight is 108 g/mol. The second kappa shape index (κ2) is 1.03. The largest absolute Gasteiger partial charge is 0.315 e. The van der Waals surface area contributed by atoms with Crippen molar-refractivity contribution in [3.05, 3.63) is 10.5 Å². The Morgan fingerprint density at radius 1 is 2.00 bits per heavy atom. The Labute approximate surface area is 38.7 Å². The predicted octanol–water partition coefficient (Wildman–Crippen LogP) is 1.73. The van der Waals surface area contributed by atoms with Gasteiger partial charge in [-0.15, -0.1) is 0 Å². The Hall–Kier alpha value is 0.0500. The van der Waals surface area contributed by atoms with E-state index in [-0.39, 0.29) is 0 Å². The van der Waals surface area contributed by atoms with Crippen LogP contribution >= 0.6 is 23.1 Å². The topological polar surface area (TPSA) is 15.8 Å². The Morgan fingerprint density at radius 2 is 2.40 bits per heavy atom. The molecule has 0 radical (unpaired) electrons. The number of rotatable bonds is 0. The molecule has 3 heteroatoms. The van der Waals surface area contributed by atoms with Gasteiger partial charge in [-0.05, 0) is 11.5 Å². The molecule has 0 atom stereocenters. The lowest BCUT2D eigenvalue weighted by atomic mass is 11.0. The van der Waals surface area contributed by atoms with E-state index < -0.39 is 0 Å². The van der Waals surface area contributed by atoms with Gasteiger partial charge in [0.25, 0.3) is 0 Å². The van der Waals surface area contributed by atoms with Crippen LogP contribution in [0.2, 0.25) is 4.34 Å². The maximum Gasteiger partial charge on any atom is 0.127 e. The lowest BCUT2D eigenvalue weighted by molar-refractivity contribution is 1.52. The van der Waals surface area contributed by atoms with E-state index in [0.29, 0.717) is 0 Å². The van der Waals surface area contributed by atoms with E-state index >= 15 is 0 Å². The molecule has 0 bridgehead atoms.